The van der Waals surface area contributed by atoms with Gasteiger partial charge in [-0.05, 0) is 66.0 Å². The van der Waals surface area contributed by atoms with Gasteiger partial charge in [0.05, 0.1) is 6.42 Å². The van der Waals surface area contributed by atoms with E-state index in [1.165, 1.54) is 36.0 Å². The molecule has 148 valence electrons. The maximum atomic E-state index is 13.2. The van der Waals surface area contributed by atoms with Gasteiger partial charge in [-0.2, -0.15) is 0 Å². The van der Waals surface area contributed by atoms with Crippen LogP contribution in [0.2, 0.25) is 0 Å². The van der Waals surface area contributed by atoms with Crippen molar-refractivity contribution in [1.29, 1.82) is 0 Å². The first-order chi connectivity index (χ1) is 14.3. The number of carbonyl (C=O) groups excluding carboxylic acids is 1. The number of carbonyl (C=O) groups is 1. The highest BCUT2D eigenvalue weighted by Gasteiger charge is 2.17. The molecule has 1 aromatic heterocycles. The maximum Gasteiger partial charge on any atom is 0.227 e. The third-order valence-electron chi connectivity index (χ3n) is 5.73. The van der Waals surface area contributed by atoms with E-state index in [4.69, 9.17) is 0 Å². The van der Waals surface area contributed by atoms with Gasteiger partial charge in [-0.3, -0.25) is 9.78 Å². The average Bonchev–Trinajstić information content (AvgIpc) is 2.78. The van der Waals surface area contributed by atoms with E-state index >= 15 is 0 Å². The number of pyridine rings is 1. The maximum absolute atomic E-state index is 13.2. The lowest BCUT2D eigenvalue weighted by Crippen LogP contribution is -2.33. The lowest BCUT2D eigenvalue weighted by molar-refractivity contribution is -0.131. The molecule has 0 radical (unpaired) electrons. The zero-order valence-corrected chi connectivity index (χ0v) is 16.9. The molecule has 0 bridgehead atoms. The van der Waals surface area contributed by atoms with Crippen molar-refractivity contribution in [1.82, 2.24) is 9.88 Å². The van der Waals surface area contributed by atoms with Crippen LogP contribution in [0.5, 0.6) is 0 Å². The van der Waals surface area contributed by atoms with Gasteiger partial charge < -0.3 is 4.90 Å². The van der Waals surface area contributed by atoms with Gasteiger partial charge >= 0.3 is 0 Å². The largest absolute Gasteiger partial charge is 0.338 e. The number of aromatic nitrogens is 1. The first kappa shape index (κ1) is 19.4. The summed E-state index contributed by atoms with van der Waals surface area (Å²) in [4.78, 5) is 19.4. The number of nitrogens with zero attached hydrogens (tertiary/aromatic N) is 2. The monoisotopic (exact) mass is 384 g/mol. The summed E-state index contributed by atoms with van der Waals surface area (Å²) in [7, 11) is 0. The van der Waals surface area contributed by atoms with Gasteiger partial charge in [0.15, 0.2) is 0 Å². The normalized spacial score (nSPS) is 13.0. The zero-order chi connectivity index (χ0) is 19.9. The fourth-order valence-electron chi connectivity index (χ4n) is 4.10. The van der Waals surface area contributed by atoms with Crippen LogP contribution >= 0.6 is 0 Å². The van der Waals surface area contributed by atoms with Crippen molar-refractivity contribution in [3.63, 3.8) is 0 Å². The predicted molar refractivity (Wildman–Crippen MR) is 117 cm³/mol. The molecule has 1 heterocycles. The fraction of sp³-hybridized carbons (Fsp3) is 0.308. The number of benzene rings is 2. The lowest BCUT2D eigenvalue weighted by atomic mass is 9.90. The molecule has 3 heteroatoms. The van der Waals surface area contributed by atoms with Crippen LogP contribution in [0, 0.1) is 0 Å². The zero-order valence-electron chi connectivity index (χ0n) is 16.9. The van der Waals surface area contributed by atoms with Crippen molar-refractivity contribution in [3.8, 4) is 0 Å². The summed E-state index contributed by atoms with van der Waals surface area (Å²) in [6.07, 6.45) is 9.80. The molecule has 4 rings (SSSR count). The summed E-state index contributed by atoms with van der Waals surface area (Å²) in [6, 6.07) is 21.0. The van der Waals surface area contributed by atoms with Gasteiger partial charge in [0.25, 0.3) is 0 Å². The Labute approximate surface area is 173 Å². The van der Waals surface area contributed by atoms with E-state index in [1.807, 2.05) is 29.3 Å². The fourth-order valence-corrected chi connectivity index (χ4v) is 4.10. The van der Waals surface area contributed by atoms with Gasteiger partial charge in [0.1, 0.15) is 0 Å². The van der Waals surface area contributed by atoms with Gasteiger partial charge in [-0.1, -0.05) is 54.6 Å². The third-order valence-corrected chi connectivity index (χ3v) is 5.73. The molecule has 0 spiro atoms. The highest BCUT2D eigenvalue weighted by atomic mass is 16.2. The van der Waals surface area contributed by atoms with Crippen molar-refractivity contribution >= 4 is 5.91 Å². The standard InChI is InChI=1S/C26H28N2O/c29-26(18-22-12-13-24-10-4-5-11-25(24)17-22)28(20-23-9-6-15-27-19-23)16-14-21-7-2-1-3-8-21/h1-3,6-9,12-13,15,17,19H,4-5,10-11,14,16,18,20H2. The molecule has 3 aromatic rings. The molecular weight excluding hydrogens is 356 g/mol. The summed E-state index contributed by atoms with van der Waals surface area (Å²) in [5.41, 5.74) is 6.35. The van der Waals surface area contributed by atoms with E-state index in [1.54, 1.807) is 6.20 Å². The number of hydrogen-bond donors (Lipinski definition) is 0. The number of amides is 1. The van der Waals surface area contributed by atoms with E-state index in [9.17, 15) is 4.79 Å². The SMILES string of the molecule is O=C(Cc1ccc2c(c1)CCCC2)N(CCc1ccccc1)Cc1cccnc1. The molecule has 0 fully saturated rings. The van der Waals surface area contributed by atoms with Gasteiger partial charge in [-0.25, -0.2) is 0 Å². The number of aryl methyl sites for hydroxylation is 2. The minimum atomic E-state index is 0.181. The Morgan fingerprint density at radius 3 is 2.45 bits per heavy atom. The predicted octanol–water partition coefficient (Wildman–Crippen LogP) is 4.77. The molecule has 1 aliphatic rings. The van der Waals surface area contributed by atoms with E-state index < -0.39 is 0 Å². The van der Waals surface area contributed by atoms with Crippen LogP contribution in [0.1, 0.15) is 40.7 Å². The van der Waals surface area contributed by atoms with Gasteiger partial charge in [0, 0.05) is 25.5 Å². The van der Waals surface area contributed by atoms with E-state index in [0.717, 1.165) is 24.0 Å². The Kier molecular flexibility index (Phi) is 6.35. The van der Waals surface area contributed by atoms with E-state index in [-0.39, 0.29) is 5.91 Å². The summed E-state index contributed by atoms with van der Waals surface area (Å²) in [6.45, 7) is 1.31. The first-order valence-corrected chi connectivity index (χ1v) is 10.6. The van der Waals surface area contributed by atoms with E-state index in [0.29, 0.717) is 19.5 Å². The highest BCUT2D eigenvalue weighted by Crippen LogP contribution is 2.23. The minimum absolute atomic E-state index is 0.181. The van der Waals surface area contributed by atoms with Crippen LogP contribution < -0.4 is 0 Å². The van der Waals surface area contributed by atoms with E-state index in [2.05, 4.69) is 47.4 Å². The Bertz CT molecular complexity index is 937. The van der Waals surface area contributed by atoms with Crippen molar-refractivity contribution in [2.75, 3.05) is 6.54 Å². The minimum Gasteiger partial charge on any atom is -0.338 e. The summed E-state index contributed by atoms with van der Waals surface area (Å²) in [5.74, 6) is 0.181. The van der Waals surface area contributed by atoms with Crippen molar-refractivity contribution in [2.45, 2.75) is 45.1 Å². The molecule has 29 heavy (non-hydrogen) atoms. The van der Waals surface area contributed by atoms with Crippen LogP contribution in [-0.2, 0) is 37.0 Å². The van der Waals surface area contributed by atoms with Crippen LogP contribution in [0.25, 0.3) is 0 Å². The summed E-state index contributed by atoms with van der Waals surface area (Å²) >= 11 is 0. The van der Waals surface area contributed by atoms with Crippen molar-refractivity contribution in [3.05, 3.63) is 101 Å². The van der Waals surface area contributed by atoms with Crippen LogP contribution in [0.15, 0.2) is 73.1 Å². The topological polar surface area (TPSA) is 33.2 Å². The van der Waals surface area contributed by atoms with Gasteiger partial charge in [0.2, 0.25) is 5.91 Å². The molecule has 0 atom stereocenters. The van der Waals surface area contributed by atoms with Crippen molar-refractivity contribution in [2.24, 2.45) is 0 Å². The molecular formula is C26H28N2O. The second-order valence-electron chi connectivity index (χ2n) is 7.90. The number of rotatable bonds is 7. The quantitative estimate of drug-likeness (QED) is 0.588. The Morgan fingerprint density at radius 2 is 1.66 bits per heavy atom. The van der Waals surface area contributed by atoms with Crippen molar-refractivity contribution < 1.29 is 4.79 Å². The number of hydrogen-bond acceptors (Lipinski definition) is 2. The smallest absolute Gasteiger partial charge is 0.227 e. The van der Waals surface area contributed by atoms with Crippen LogP contribution in [0.4, 0.5) is 0 Å². The average molecular weight is 385 g/mol. The first-order valence-electron chi connectivity index (χ1n) is 10.6. The molecule has 1 aliphatic carbocycles. The molecule has 0 N–H and O–H groups in total. The Balaban J connectivity index is 1.47. The Morgan fingerprint density at radius 1 is 0.862 bits per heavy atom. The molecule has 1 amide bonds. The highest BCUT2D eigenvalue weighted by molar-refractivity contribution is 5.79. The Hall–Kier alpha value is -2.94. The molecule has 2 aromatic carbocycles. The van der Waals surface area contributed by atoms with Crippen LogP contribution in [-0.4, -0.2) is 22.3 Å². The summed E-state index contributed by atoms with van der Waals surface area (Å²) in [5, 5.41) is 0. The number of fused-ring (bicyclic) bond motifs is 1. The summed E-state index contributed by atoms with van der Waals surface area (Å²) < 4.78 is 0. The molecule has 0 saturated heterocycles. The second-order valence-corrected chi connectivity index (χ2v) is 7.90. The molecule has 0 saturated carbocycles. The van der Waals surface area contributed by atoms with Crippen LogP contribution in [0.3, 0.4) is 0 Å². The molecule has 0 aliphatic heterocycles. The molecule has 3 nitrogen and oxygen atoms in total. The third kappa shape index (κ3) is 5.32. The van der Waals surface area contributed by atoms with Gasteiger partial charge in [-0.15, -0.1) is 0 Å². The second kappa shape index (κ2) is 9.51. The molecule has 0 unspecified atom stereocenters. The lowest BCUT2D eigenvalue weighted by Gasteiger charge is -2.24.